The molecule has 2 heterocycles. The van der Waals surface area contributed by atoms with Gasteiger partial charge in [0.25, 0.3) is 5.91 Å². The summed E-state index contributed by atoms with van der Waals surface area (Å²) in [6, 6.07) is 20.3. The first kappa shape index (κ1) is 24.5. The minimum absolute atomic E-state index is 0.0935. The van der Waals surface area contributed by atoms with Crippen LogP contribution in [0.15, 0.2) is 94.2 Å². The molecule has 1 atom stereocenters. The average Bonchev–Trinajstić information content (AvgIpc) is 3.60. The first-order chi connectivity index (χ1) is 17.4. The molecule has 0 aliphatic rings. The summed E-state index contributed by atoms with van der Waals surface area (Å²) in [6.45, 7) is 3.72. The molecule has 0 aliphatic heterocycles. The summed E-state index contributed by atoms with van der Waals surface area (Å²) in [4.78, 5) is 41.0. The Bertz CT molecular complexity index is 1290. The molecule has 0 radical (unpaired) electrons. The molecule has 4 aromatic rings. The second-order valence-corrected chi connectivity index (χ2v) is 8.37. The van der Waals surface area contributed by atoms with Crippen molar-refractivity contribution >= 4 is 23.4 Å². The number of nitrogens with one attached hydrogen (secondary N) is 2. The van der Waals surface area contributed by atoms with Crippen molar-refractivity contribution in [2.24, 2.45) is 0 Å². The lowest BCUT2D eigenvalue weighted by Gasteiger charge is -2.31. The van der Waals surface area contributed by atoms with Crippen LogP contribution >= 0.6 is 0 Å². The lowest BCUT2D eigenvalue weighted by atomic mass is 10.0. The molecule has 184 valence electrons. The molecule has 0 saturated heterocycles. The highest BCUT2D eigenvalue weighted by Crippen LogP contribution is 2.29. The molecule has 2 aromatic heterocycles. The third-order valence-corrected chi connectivity index (χ3v) is 5.64. The van der Waals surface area contributed by atoms with E-state index in [1.165, 1.54) is 23.5 Å². The van der Waals surface area contributed by atoms with Crippen molar-refractivity contribution in [2.45, 2.75) is 26.4 Å². The fourth-order valence-corrected chi connectivity index (χ4v) is 3.73. The minimum Gasteiger partial charge on any atom is -0.467 e. The zero-order valence-electron chi connectivity index (χ0n) is 20.1. The van der Waals surface area contributed by atoms with Gasteiger partial charge in [0.15, 0.2) is 5.76 Å². The van der Waals surface area contributed by atoms with E-state index in [2.05, 4.69) is 10.6 Å². The van der Waals surface area contributed by atoms with Gasteiger partial charge in [-0.1, -0.05) is 47.5 Å². The molecule has 2 aromatic carbocycles. The Morgan fingerprint density at radius 3 is 2.06 bits per heavy atom. The van der Waals surface area contributed by atoms with Crippen molar-refractivity contribution in [1.29, 1.82) is 0 Å². The van der Waals surface area contributed by atoms with Gasteiger partial charge in [0.1, 0.15) is 11.8 Å². The predicted octanol–water partition coefficient (Wildman–Crippen LogP) is 4.31. The van der Waals surface area contributed by atoms with Crippen LogP contribution < -0.4 is 15.5 Å². The van der Waals surface area contributed by atoms with Gasteiger partial charge in [-0.05, 0) is 55.8 Å². The van der Waals surface area contributed by atoms with Crippen LogP contribution in [0, 0.1) is 13.8 Å². The minimum atomic E-state index is -0.990. The molecule has 3 amide bonds. The maximum Gasteiger partial charge on any atom is 0.287 e. The summed E-state index contributed by atoms with van der Waals surface area (Å²) >= 11 is 0. The summed E-state index contributed by atoms with van der Waals surface area (Å²) in [5.41, 5.74) is 3.18. The smallest absolute Gasteiger partial charge is 0.287 e. The van der Waals surface area contributed by atoms with Crippen molar-refractivity contribution in [3.63, 3.8) is 0 Å². The average molecular weight is 486 g/mol. The van der Waals surface area contributed by atoms with Gasteiger partial charge in [0.05, 0.1) is 25.6 Å². The Hall–Kier alpha value is -4.59. The molecule has 36 heavy (non-hydrogen) atoms. The number of furan rings is 2. The number of carbonyl (C=O) groups excluding carboxylic acids is 3. The topological polar surface area (TPSA) is 105 Å². The van der Waals surface area contributed by atoms with E-state index in [1.54, 1.807) is 30.3 Å². The summed E-state index contributed by atoms with van der Waals surface area (Å²) in [6.07, 6.45) is 2.91. The summed E-state index contributed by atoms with van der Waals surface area (Å²) in [5, 5.41) is 5.46. The monoisotopic (exact) mass is 485 g/mol. The number of benzene rings is 2. The number of hydrogen-bond donors (Lipinski definition) is 2. The van der Waals surface area contributed by atoms with Gasteiger partial charge in [-0.2, -0.15) is 0 Å². The van der Waals surface area contributed by atoms with Crippen LogP contribution in [0.5, 0.6) is 0 Å². The fraction of sp³-hybridized carbons (Fsp3) is 0.179. The van der Waals surface area contributed by atoms with Crippen molar-refractivity contribution in [3.05, 3.63) is 114 Å². The van der Waals surface area contributed by atoms with Gasteiger partial charge in [-0.25, -0.2) is 0 Å². The zero-order chi connectivity index (χ0) is 25.5. The lowest BCUT2D eigenvalue weighted by Crippen LogP contribution is -2.47. The Morgan fingerprint density at radius 2 is 1.44 bits per heavy atom. The molecule has 0 saturated carbocycles. The lowest BCUT2D eigenvalue weighted by molar-refractivity contribution is -0.126. The van der Waals surface area contributed by atoms with E-state index in [0.717, 1.165) is 11.1 Å². The van der Waals surface area contributed by atoms with Crippen LogP contribution in [-0.4, -0.2) is 24.3 Å². The van der Waals surface area contributed by atoms with Gasteiger partial charge < -0.3 is 19.5 Å². The number of anilines is 1. The van der Waals surface area contributed by atoms with Crippen LogP contribution in [0.25, 0.3) is 0 Å². The zero-order valence-corrected chi connectivity index (χ0v) is 20.1. The van der Waals surface area contributed by atoms with E-state index in [-0.39, 0.29) is 24.8 Å². The van der Waals surface area contributed by atoms with Crippen LogP contribution in [0.4, 0.5) is 5.69 Å². The van der Waals surface area contributed by atoms with Crippen LogP contribution in [0.2, 0.25) is 0 Å². The third kappa shape index (κ3) is 5.90. The summed E-state index contributed by atoms with van der Waals surface area (Å²) in [7, 11) is 0. The van der Waals surface area contributed by atoms with Crippen LogP contribution in [0.3, 0.4) is 0 Å². The van der Waals surface area contributed by atoms with E-state index in [1.807, 2.05) is 50.2 Å². The standard InChI is InChI=1S/C28H27N3O5/c1-19-7-11-21(12-8-19)26(28(34)29-17-23-5-3-15-35-23)31(22-13-9-20(2)10-14-22)25(32)18-30-27(33)24-6-4-16-36-24/h3-16,26H,17-18H2,1-2H3,(H,29,34)(H,30,33). The van der Waals surface area contributed by atoms with Gasteiger partial charge in [-0.15, -0.1) is 0 Å². The second-order valence-electron chi connectivity index (χ2n) is 8.37. The van der Waals surface area contributed by atoms with Gasteiger partial charge in [-0.3, -0.25) is 19.3 Å². The molecule has 0 bridgehead atoms. The van der Waals surface area contributed by atoms with E-state index in [0.29, 0.717) is 17.0 Å². The maximum absolute atomic E-state index is 13.6. The maximum atomic E-state index is 13.6. The molecule has 8 heteroatoms. The van der Waals surface area contributed by atoms with Crippen molar-refractivity contribution < 1.29 is 23.2 Å². The molecule has 4 rings (SSSR count). The number of hydrogen-bond acceptors (Lipinski definition) is 5. The van der Waals surface area contributed by atoms with Crippen molar-refractivity contribution in [3.8, 4) is 0 Å². The van der Waals surface area contributed by atoms with Crippen molar-refractivity contribution in [1.82, 2.24) is 10.6 Å². The number of aryl methyl sites for hydroxylation is 2. The van der Waals surface area contributed by atoms with Gasteiger partial charge >= 0.3 is 0 Å². The summed E-state index contributed by atoms with van der Waals surface area (Å²) in [5.74, 6) is -0.689. The molecule has 0 spiro atoms. The van der Waals surface area contributed by atoms with E-state index in [4.69, 9.17) is 8.83 Å². The quantitative estimate of drug-likeness (QED) is 0.368. The Morgan fingerprint density at radius 1 is 0.806 bits per heavy atom. The Kier molecular flexibility index (Phi) is 7.65. The number of carbonyl (C=O) groups is 3. The Balaban J connectivity index is 1.67. The normalized spacial score (nSPS) is 11.5. The number of rotatable bonds is 9. The van der Waals surface area contributed by atoms with Crippen LogP contribution in [-0.2, 0) is 16.1 Å². The molecule has 0 fully saturated rings. The predicted molar refractivity (Wildman–Crippen MR) is 134 cm³/mol. The SMILES string of the molecule is Cc1ccc(C(C(=O)NCc2ccco2)N(C(=O)CNC(=O)c2ccco2)c2ccc(C)cc2)cc1. The highest BCUT2D eigenvalue weighted by atomic mass is 16.3. The largest absolute Gasteiger partial charge is 0.467 e. The van der Waals surface area contributed by atoms with Crippen molar-refractivity contribution in [2.75, 3.05) is 11.4 Å². The second kappa shape index (κ2) is 11.2. The fourth-order valence-electron chi connectivity index (χ4n) is 3.73. The highest BCUT2D eigenvalue weighted by molar-refractivity contribution is 6.04. The number of nitrogens with zero attached hydrogens (tertiary/aromatic N) is 1. The Labute approximate surface area is 208 Å². The number of amides is 3. The molecular weight excluding hydrogens is 458 g/mol. The van der Waals surface area contributed by atoms with E-state index < -0.39 is 17.9 Å². The first-order valence-corrected chi connectivity index (χ1v) is 11.5. The summed E-state index contributed by atoms with van der Waals surface area (Å²) < 4.78 is 10.4. The molecule has 2 N–H and O–H groups in total. The molecular formula is C28H27N3O5. The third-order valence-electron chi connectivity index (χ3n) is 5.64. The van der Waals surface area contributed by atoms with Gasteiger partial charge in [0.2, 0.25) is 11.8 Å². The van der Waals surface area contributed by atoms with E-state index in [9.17, 15) is 14.4 Å². The molecule has 0 aliphatic carbocycles. The molecule has 1 unspecified atom stereocenters. The highest BCUT2D eigenvalue weighted by Gasteiger charge is 2.33. The van der Waals surface area contributed by atoms with Crippen LogP contribution in [0.1, 0.15) is 39.0 Å². The van der Waals surface area contributed by atoms with Gasteiger partial charge in [0, 0.05) is 5.69 Å². The first-order valence-electron chi connectivity index (χ1n) is 11.5. The molecule has 8 nitrogen and oxygen atoms in total. The van der Waals surface area contributed by atoms with E-state index >= 15 is 0 Å².